The average Bonchev–Trinajstić information content (AvgIpc) is 3.18. The summed E-state index contributed by atoms with van der Waals surface area (Å²) >= 11 is 0. The van der Waals surface area contributed by atoms with Crippen LogP contribution < -0.4 is 9.64 Å². The number of sulfone groups is 1. The van der Waals surface area contributed by atoms with Crippen LogP contribution in [0.3, 0.4) is 0 Å². The van der Waals surface area contributed by atoms with Gasteiger partial charge in [0.2, 0.25) is 5.89 Å². The predicted octanol–water partition coefficient (Wildman–Crippen LogP) is 3.92. The molecule has 0 unspecified atom stereocenters. The van der Waals surface area contributed by atoms with E-state index in [1.54, 1.807) is 24.3 Å². The highest BCUT2D eigenvalue weighted by Crippen LogP contribution is 2.29. The molecule has 1 aromatic heterocycles. The Labute approximate surface area is 173 Å². The zero-order chi connectivity index (χ0) is 21.0. The van der Waals surface area contributed by atoms with Crippen LogP contribution in [0.15, 0.2) is 33.7 Å². The zero-order valence-electron chi connectivity index (χ0n) is 17.7. The number of hydrogen-bond donors (Lipinski definition) is 0. The van der Waals surface area contributed by atoms with Gasteiger partial charge in [0.1, 0.15) is 5.75 Å². The van der Waals surface area contributed by atoms with Gasteiger partial charge in [-0.15, -0.1) is 0 Å². The molecule has 3 rings (SSSR count). The summed E-state index contributed by atoms with van der Waals surface area (Å²) in [6.07, 6.45) is 4.39. The van der Waals surface area contributed by atoms with E-state index in [2.05, 4.69) is 22.0 Å². The molecule has 2 heterocycles. The fourth-order valence-electron chi connectivity index (χ4n) is 3.64. The Morgan fingerprint density at radius 3 is 2.38 bits per heavy atom. The van der Waals surface area contributed by atoms with Gasteiger partial charge in [0.05, 0.1) is 11.5 Å². The van der Waals surface area contributed by atoms with Crippen LogP contribution in [0.4, 0.5) is 5.95 Å². The van der Waals surface area contributed by atoms with Gasteiger partial charge in [-0.2, -0.15) is 4.98 Å². The molecule has 1 fully saturated rings. The van der Waals surface area contributed by atoms with Crippen LogP contribution in [0, 0.1) is 11.8 Å². The highest BCUT2D eigenvalue weighted by atomic mass is 32.2. The van der Waals surface area contributed by atoms with Crippen molar-refractivity contribution in [2.45, 2.75) is 50.8 Å². The fourth-order valence-corrected chi connectivity index (χ4v) is 4.27. The van der Waals surface area contributed by atoms with Gasteiger partial charge in [-0.3, -0.25) is 0 Å². The molecule has 0 spiro atoms. The molecule has 0 saturated carbocycles. The van der Waals surface area contributed by atoms with Crippen LogP contribution in [0.25, 0.3) is 0 Å². The Morgan fingerprint density at radius 2 is 1.83 bits per heavy atom. The van der Waals surface area contributed by atoms with Gasteiger partial charge < -0.3 is 14.2 Å². The number of piperidine rings is 1. The molecule has 29 heavy (non-hydrogen) atoms. The van der Waals surface area contributed by atoms with Crippen LogP contribution in [-0.2, 0) is 9.84 Å². The summed E-state index contributed by atoms with van der Waals surface area (Å²) in [6, 6.07) is 6.62. The lowest BCUT2D eigenvalue weighted by atomic mass is 9.84. The van der Waals surface area contributed by atoms with E-state index in [-0.39, 0.29) is 5.92 Å². The molecule has 1 atom stereocenters. The maximum atomic E-state index is 11.5. The summed E-state index contributed by atoms with van der Waals surface area (Å²) < 4.78 is 34.2. The van der Waals surface area contributed by atoms with Crippen LogP contribution in [0.5, 0.6) is 5.75 Å². The van der Waals surface area contributed by atoms with Crippen LogP contribution in [-0.4, -0.2) is 44.5 Å². The number of anilines is 1. The first-order chi connectivity index (χ1) is 13.7. The first-order valence-corrected chi connectivity index (χ1v) is 12.1. The second-order valence-corrected chi connectivity index (χ2v) is 10.3. The summed E-state index contributed by atoms with van der Waals surface area (Å²) in [6.45, 7) is 8.89. The second-order valence-electron chi connectivity index (χ2n) is 8.27. The molecule has 0 amide bonds. The van der Waals surface area contributed by atoms with E-state index in [9.17, 15) is 8.42 Å². The third-order valence-corrected chi connectivity index (χ3v) is 6.77. The monoisotopic (exact) mass is 421 g/mol. The van der Waals surface area contributed by atoms with E-state index in [1.165, 1.54) is 6.26 Å². The molecular formula is C21H31N3O4S. The van der Waals surface area contributed by atoms with Crippen molar-refractivity contribution in [2.24, 2.45) is 11.8 Å². The largest absolute Gasteiger partial charge is 0.494 e. The third-order valence-electron chi connectivity index (χ3n) is 5.65. The van der Waals surface area contributed by atoms with Crippen LogP contribution in [0.1, 0.15) is 51.8 Å². The first-order valence-electron chi connectivity index (χ1n) is 10.3. The van der Waals surface area contributed by atoms with Crippen molar-refractivity contribution in [3.8, 4) is 5.75 Å². The fraction of sp³-hybridized carbons (Fsp3) is 0.619. The Morgan fingerprint density at radius 1 is 1.17 bits per heavy atom. The maximum absolute atomic E-state index is 11.5. The Hall–Kier alpha value is -2.09. The maximum Gasteiger partial charge on any atom is 0.266 e. The highest BCUT2D eigenvalue weighted by Gasteiger charge is 2.26. The Balaban J connectivity index is 1.42. The standard InChI is InChI=1S/C21H31N3O4S/c1-15(2)20-22-21(23-28-20)24-12-9-17(10-13-24)16(3)11-14-27-18-5-7-19(8-6-18)29(4,25)26/h5-8,15-17H,9-14H2,1-4H3/t16-/m1/s1. The molecular weight excluding hydrogens is 390 g/mol. The quantitative estimate of drug-likeness (QED) is 0.638. The number of nitrogens with zero attached hydrogens (tertiary/aromatic N) is 3. The SMILES string of the molecule is CC(C)c1nc(N2CCC([C@H](C)CCOc3ccc(S(C)(=O)=O)cc3)CC2)no1. The van der Waals surface area contributed by atoms with Crippen molar-refractivity contribution in [3.63, 3.8) is 0 Å². The molecule has 1 aliphatic heterocycles. The molecule has 0 bridgehead atoms. The van der Waals surface area contributed by atoms with Gasteiger partial charge in [0.25, 0.3) is 5.95 Å². The highest BCUT2D eigenvalue weighted by molar-refractivity contribution is 7.90. The van der Waals surface area contributed by atoms with Gasteiger partial charge >= 0.3 is 0 Å². The third kappa shape index (κ3) is 5.72. The van der Waals surface area contributed by atoms with Gasteiger partial charge in [0, 0.05) is 25.3 Å². The van der Waals surface area contributed by atoms with Crippen molar-refractivity contribution < 1.29 is 17.7 Å². The second kappa shape index (κ2) is 9.15. The number of aromatic nitrogens is 2. The summed E-state index contributed by atoms with van der Waals surface area (Å²) in [5, 5.41) is 4.12. The van der Waals surface area contributed by atoms with Crippen molar-refractivity contribution in [3.05, 3.63) is 30.2 Å². The normalized spacial score (nSPS) is 16.9. The van der Waals surface area contributed by atoms with E-state index in [0.717, 1.165) is 32.4 Å². The number of hydrogen-bond acceptors (Lipinski definition) is 7. The minimum Gasteiger partial charge on any atom is -0.494 e. The van der Waals surface area contributed by atoms with Gasteiger partial charge in [0.15, 0.2) is 9.84 Å². The molecule has 7 nitrogen and oxygen atoms in total. The molecule has 2 aromatic rings. The van der Waals surface area contributed by atoms with E-state index in [4.69, 9.17) is 9.26 Å². The summed E-state index contributed by atoms with van der Waals surface area (Å²) in [5.74, 6) is 3.56. The van der Waals surface area contributed by atoms with Crippen LogP contribution >= 0.6 is 0 Å². The first kappa shape index (κ1) is 21.6. The smallest absolute Gasteiger partial charge is 0.266 e. The minimum absolute atomic E-state index is 0.247. The van der Waals surface area contributed by atoms with Crippen molar-refractivity contribution in [1.82, 2.24) is 10.1 Å². The number of ether oxygens (including phenoxy) is 1. The van der Waals surface area contributed by atoms with E-state index < -0.39 is 9.84 Å². The zero-order valence-corrected chi connectivity index (χ0v) is 18.5. The molecule has 0 radical (unpaired) electrons. The lowest BCUT2D eigenvalue weighted by molar-refractivity contribution is 0.222. The molecule has 8 heteroatoms. The lowest BCUT2D eigenvalue weighted by Gasteiger charge is -2.34. The van der Waals surface area contributed by atoms with Crippen molar-refractivity contribution in [1.29, 1.82) is 0 Å². The summed E-state index contributed by atoms with van der Waals surface area (Å²) in [4.78, 5) is 7.02. The van der Waals surface area contributed by atoms with Crippen molar-refractivity contribution >= 4 is 15.8 Å². The lowest BCUT2D eigenvalue weighted by Crippen LogP contribution is -2.36. The molecule has 1 aromatic carbocycles. The van der Waals surface area contributed by atoms with E-state index in [1.807, 2.05) is 13.8 Å². The molecule has 1 saturated heterocycles. The van der Waals surface area contributed by atoms with E-state index in [0.29, 0.717) is 40.9 Å². The topological polar surface area (TPSA) is 85.5 Å². The number of rotatable bonds is 8. The summed E-state index contributed by atoms with van der Waals surface area (Å²) in [7, 11) is -3.17. The Bertz CT molecular complexity index is 885. The average molecular weight is 422 g/mol. The molecule has 0 aliphatic carbocycles. The summed E-state index contributed by atoms with van der Waals surface area (Å²) in [5.41, 5.74) is 0. The molecule has 1 aliphatic rings. The Kier molecular flexibility index (Phi) is 6.82. The van der Waals surface area contributed by atoms with Crippen molar-refractivity contribution in [2.75, 3.05) is 30.9 Å². The predicted molar refractivity (Wildman–Crippen MR) is 112 cm³/mol. The molecule has 160 valence electrons. The van der Waals surface area contributed by atoms with Gasteiger partial charge in [-0.05, 0) is 60.5 Å². The van der Waals surface area contributed by atoms with Gasteiger partial charge in [-0.1, -0.05) is 20.8 Å². The van der Waals surface area contributed by atoms with Gasteiger partial charge in [-0.25, -0.2) is 8.42 Å². The molecule has 0 N–H and O–H groups in total. The minimum atomic E-state index is -3.17. The van der Waals surface area contributed by atoms with Crippen LogP contribution in [0.2, 0.25) is 0 Å². The van der Waals surface area contributed by atoms with E-state index >= 15 is 0 Å². The number of benzene rings is 1.